The van der Waals surface area contributed by atoms with Gasteiger partial charge in [-0.1, -0.05) is 12.1 Å². The summed E-state index contributed by atoms with van der Waals surface area (Å²) in [4.78, 5) is 39.2. The third-order valence-corrected chi connectivity index (χ3v) is 5.65. The zero-order chi connectivity index (χ0) is 25.9. The maximum absolute atomic E-state index is 13.4. The van der Waals surface area contributed by atoms with Gasteiger partial charge in [0.1, 0.15) is 34.0 Å². The lowest BCUT2D eigenvalue weighted by Gasteiger charge is -2.17. The Morgan fingerprint density at radius 3 is 2.33 bits per heavy atom. The molecule has 3 N–H and O–H groups in total. The van der Waals surface area contributed by atoms with Crippen LogP contribution in [0.5, 0.6) is 17.2 Å². The molecule has 1 heterocycles. The highest BCUT2D eigenvalue weighted by Gasteiger charge is 2.51. The van der Waals surface area contributed by atoms with Crippen LogP contribution in [0.1, 0.15) is 34.5 Å². The maximum Gasteiger partial charge on any atom is 0.420 e. The molecule has 36 heavy (non-hydrogen) atoms. The van der Waals surface area contributed by atoms with Crippen LogP contribution in [0.15, 0.2) is 65.6 Å². The van der Waals surface area contributed by atoms with E-state index in [0.29, 0.717) is 18.4 Å². The summed E-state index contributed by atoms with van der Waals surface area (Å²) in [6, 6.07) is 12.0. The number of methoxy groups -OCH3 is 1. The van der Waals surface area contributed by atoms with E-state index in [1.54, 1.807) is 12.1 Å². The SMILES string of the molecule is COc1ccc(Oc2ccc(CNC(=O)C3(NC(=O)c4cc(=O)cc[nH]4)CC3)cc2)c(C(F)(F)F)c1. The number of halogens is 3. The second-order valence-electron chi connectivity index (χ2n) is 8.26. The molecule has 0 bridgehead atoms. The summed E-state index contributed by atoms with van der Waals surface area (Å²) < 4.78 is 50.5. The summed E-state index contributed by atoms with van der Waals surface area (Å²) in [5.41, 5.74) is -1.61. The van der Waals surface area contributed by atoms with E-state index in [2.05, 4.69) is 15.6 Å². The third kappa shape index (κ3) is 5.68. The van der Waals surface area contributed by atoms with Crippen molar-refractivity contribution < 1.29 is 32.2 Å². The molecule has 1 fully saturated rings. The van der Waals surface area contributed by atoms with Crippen LogP contribution in [0.3, 0.4) is 0 Å². The fourth-order valence-electron chi connectivity index (χ4n) is 3.50. The molecule has 4 rings (SSSR count). The first-order valence-electron chi connectivity index (χ1n) is 10.9. The van der Waals surface area contributed by atoms with Crippen molar-refractivity contribution in [3.05, 3.63) is 87.8 Å². The lowest BCUT2D eigenvalue weighted by Crippen LogP contribution is -2.49. The molecule has 0 atom stereocenters. The number of aromatic amines is 1. The molecule has 0 unspecified atom stereocenters. The van der Waals surface area contributed by atoms with Crippen LogP contribution in [-0.4, -0.2) is 29.4 Å². The van der Waals surface area contributed by atoms with Gasteiger partial charge in [0.05, 0.1) is 7.11 Å². The summed E-state index contributed by atoms with van der Waals surface area (Å²) >= 11 is 0. The van der Waals surface area contributed by atoms with Crippen LogP contribution in [0.25, 0.3) is 0 Å². The number of carbonyl (C=O) groups excluding carboxylic acids is 2. The fraction of sp³-hybridized carbons (Fsp3) is 0.240. The lowest BCUT2D eigenvalue weighted by atomic mass is 10.1. The third-order valence-electron chi connectivity index (χ3n) is 5.65. The van der Waals surface area contributed by atoms with Crippen LogP contribution in [0.2, 0.25) is 0 Å². The number of benzene rings is 2. The molecule has 0 aliphatic heterocycles. The van der Waals surface area contributed by atoms with Crippen LogP contribution in [-0.2, 0) is 17.5 Å². The molecule has 2 amide bonds. The van der Waals surface area contributed by atoms with Gasteiger partial charge in [0, 0.05) is 24.9 Å². The highest BCUT2D eigenvalue weighted by molar-refractivity contribution is 5.99. The predicted molar refractivity (Wildman–Crippen MR) is 123 cm³/mol. The molecule has 1 aliphatic rings. The molecule has 0 spiro atoms. The second kappa shape index (κ2) is 9.76. The van der Waals surface area contributed by atoms with Crippen LogP contribution < -0.4 is 25.5 Å². The molecule has 3 aromatic rings. The van der Waals surface area contributed by atoms with E-state index in [1.165, 1.54) is 43.6 Å². The van der Waals surface area contributed by atoms with Gasteiger partial charge in [-0.2, -0.15) is 13.2 Å². The van der Waals surface area contributed by atoms with Gasteiger partial charge in [-0.05, 0) is 48.7 Å². The Labute approximate surface area is 203 Å². The average Bonchev–Trinajstić information content (AvgIpc) is 3.63. The molecule has 1 aromatic heterocycles. The number of pyridine rings is 1. The molecular weight excluding hydrogens is 479 g/mol. The minimum absolute atomic E-state index is 0.0578. The van der Waals surface area contributed by atoms with E-state index >= 15 is 0 Å². The summed E-state index contributed by atoms with van der Waals surface area (Å²) in [6.45, 7) is 0.134. The Bertz CT molecular complexity index is 1330. The van der Waals surface area contributed by atoms with E-state index in [4.69, 9.17) is 9.47 Å². The normalized spacial score (nSPS) is 14.0. The number of amides is 2. The van der Waals surface area contributed by atoms with E-state index in [1.807, 2.05) is 0 Å². The van der Waals surface area contributed by atoms with E-state index in [9.17, 15) is 27.6 Å². The Morgan fingerprint density at radius 1 is 1.03 bits per heavy atom. The summed E-state index contributed by atoms with van der Waals surface area (Å²) in [6.07, 6.45) is -2.36. The fourth-order valence-corrected chi connectivity index (χ4v) is 3.50. The molecule has 11 heteroatoms. The van der Waals surface area contributed by atoms with Crippen LogP contribution in [0.4, 0.5) is 13.2 Å². The first-order valence-corrected chi connectivity index (χ1v) is 10.9. The number of hydrogen-bond donors (Lipinski definition) is 3. The number of hydrogen-bond acceptors (Lipinski definition) is 5. The average molecular weight is 501 g/mol. The molecule has 8 nitrogen and oxygen atoms in total. The number of alkyl halides is 3. The predicted octanol–water partition coefficient (Wildman–Crippen LogP) is 3.77. The summed E-state index contributed by atoms with van der Waals surface area (Å²) in [7, 11) is 1.28. The van der Waals surface area contributed by atoms with Gasteiger partial charge in [-0.3, -0.25) is 14.4 Å². The molecule has 188 valence electrons. The Hall–Kier alpha value is -4.28. The van der Waals surface area contributed by atoms with Crippen molar-refractivity contribution in [1.82, 2.24) is 15.6 Å². The standard InChI is InChI=1S/C25H22F3N3O5/c1-35-18-6-7-21(19(13-18)25(26,27)28)36-17-4-2-15(3-5-17)14-30-23(34)24(9-10-24)31-22(33)20-12-16(32)8-11-29-20/h2-8,11-13H,9-10,14H2,1H3,(H,29,32)(H,30,34)(H,31,33). The van der Waals surface area contributed by atoms with Crippen molar-refractivity contribution in [1.29, 1.82) is 0 Å². The van der Waals surface area contributed by atoms with Gasteiger partial charge in [-0.25, -0.2) is 0 Å². The number of nitrogens with one attached hydrogen (secondary N) is 3. The number of aromatic nitrogens is 1. The van der Waals surface area contributed by atoms with Gasteiger partial charge in [-0.15, -0.1) is 0 Å². The van der Waals surface area contributed by atoms with Crippen molar-refractivity contribution in [3.8, 4) is 17.2 Å². The number of carbonyl (C=O) groups is 2. The quantitative estimate of drug-likeness (QED) is 0.435. The highest BCUT2D eigenvalue weighted by Crippen LogP contribution is 2.40. The van der Waals surface area contributed by atoms with Crippen molar-refractivity contribution in [2.45, 2.75) is 31.1 Å². The molecule has 0 radical (unpaired) electrons. The van der Waals surface area contributed by atoms with Gasteiger partial charge >= 0.3 is 6.18 Å². The monoisotopic (exact) mass is 501 g/mol. The van der Waals surface area contributed by atoms with Gasteiger partial charge in [0.15, 0.2) is 5.43 Å². The molecule has 1 saturated carbocycles. The van der Waals surface area contributed by atoms with E-state index in [-0.39, 0.29) is 40.8 Å². The van der Waals surface area contributed by atoms with Crippen molar-refractivity contribution in [3.63, 3.8) is 0 Å². The van der Waals surface area contributed by atoms with Crippen molar-refractivity contribution in [2.75, 3.05) is 7.11 Å². The first kappa shape index (κ1) is 24.8. The summed E-state index contributed by atoms with van der Waals surface area (Å²) in [5, 5.41) is 5.42. The molecule has 1 aliphatic carbocycles. The topological polar surface area (TPSA) is 110 Å². The Morgan fingerprint density at radius 2 is 1.72 bits per heavy atom. The van der Waals surface area contributed by atoms with Crippen LogP contribution >= 0.6 is 0 Å². The van der Waals surface area contributed by atoms with Gasteiger partial charge in [0.25, 0.3) is 5.91 Å². The first-order chi connectivity index (χ1) is 17.1. The highest BCUT2D eigenvalue weighted by atomic mass is 19.4. The maximum atomic E-state index is 13.4. The minimum Gasteiger partial charge on any atom is -0.497 e. The van der Waals surface area contributed by atoms with Gasteiger partial charge < -0.3 is 25.1 Å². The Balaban J connectivity index is 1.36. The van der Waals surface area contributed by atoms with E-state index < -0.39 is 23.2 Å². The largest absolute Gasteiger partial charge is 0.497 e. The van der Waals surface area contributed by atoms with E-state index in [0.717, 1.165) is 12.1 Å². The van der Waals surface area contributed by atoms with Crippen LogP contribution in [0, 0.1) is 0 Å². The smallest absolute Gasteiger partial charge is 0.420 e. The second-order valence-corrected chi connectivity index (χ2v) is 8.26. The molecular formula is C25H22F3N3O5. The number of ether oxygens (including phenoxy) is 2. The lowest BCUT2D eigenvalue weighted by molar-refractivity contribution is -0.138. The number of rotatable bonds is 8. The zero-order valence-electron chi connectivity index (χ0n) is 19.1. The number of H-pyrrole nitrogens is 1. The molecule has 0 saturated heterocycles. The summed E-state index contributed by atoms with van der Waals surface area (Å²) in [5.74, 6) is -1.05. The Kier molecular flexibility index (Phi) is 6.73. The molecule has 2 aromatic carbocycles. The minimum atomic E-state index is -4.63. The van der Waals surface area contributed by atoms with Gasteiger partial charge in [0.2, 0.25) is 5.91 Å². The van der Waals surface area contributed by atoms with Crippen molar-refractivity contribution >= 4 is 11.8 Å². The van der Waals surface area contributed by atoms with Crippen molar-refractivity contribution in [2.24, 2.45) is 0 Å². The zero-order valence-corrected chi connectivity index (χ0v) is 19.1.